The molecule has 0 atom stereocenters. The van der Waals surface area contributed by atoms with Crippen molar-refractivity contribution in [3.8, 4) is 17.2 Å². The van der Waals surface area contributed by atoms with Crippen molar-refractivity contribution in [3.05, 3.63) is 132 Å². The maximum atomic E-state index is 12.7. The van der Waals surface area contributed by atoms with Crippen molar-refractivity contribution in [2.75, 3.05) is 0 Å². The first-order valence-electron chi connectivity index (χ1n) is 15.4. The highest BCUT2D eigenvalue weighted by atomic mass is 32.2. The number of rotatable bonds is 11. The molecule has 0 bridgehead atoms. The van der Waals surface area contributed by atoms with Gasteiger partial charge in [-0.3, -0.25) is 9.11 Å². The van der Waals surface area contributed by atoms with Crippen LogP contribution in [0.2, 0.25) is 0 Å². The van der Waals surface area contributed by atoms with Gasteiger partial charge in [0.15, 0.2) is 0 Å². The summed E-state index contributed by atoms with van der Waals surface area (Å²) in [5.74, 6) is 0.188. The topological polar surface area (TPSA) is 211 Å². The van der Waals surface area contributed by atoms with Gasteiger partial charge < -0.3 is 8.92 Å². The van der Waals surface area contributed by atoms with E-state index in [0.29, 0.717) is 16.7 Å². The number of azo groups is 2. The van der Waals surface area contributed by atoms with Crippen LogP contribution in [0.3, 0.4) is 0 Å². The molecule has 0 spiro atoms. The van der Waals surface area contributed by atoms with E-state index >= 15 is 0 Å². The standard InChI is InChI=1S/C36H28N4O10S3/c1-23-11-18-28(19-12-23)53(47,48)50-27-16-13-25(14-17-27)37-39-31-22-35(52(44,45)46)36(30-9-5-4-8-29(30)31)40-38-26-15-20-33(34(21-26)51(41,42)43)49-32-10-6-3-7-24(32)2/h3-22H,1-2H3,(H,41,42,43)(H,44,45,46). The quantitative estimate of drug-likeness (QED) is 0.0723. The predicted octanol–water partition coefficient (Wildman–Crippen LogP) is 9.34. The number of benzene rings is 6. The number of nitrogens with zero attached hydrogens (tertiary/aromatic N) is 4. The van der Waals surface area contributed by atoms with Gasteiger partial charge in [-0.15, -0.1) is 10.2 Å². The molecule has 0 aliphatic heterocycles. The van der Waals surface area contributed by atoms with Gasteiger partial charge in [-0.1, -0.05) is 60.2 Å². The first kappa shape index (κ1) is 36.9. The highest BCUT2D eigenvalue weighted by Crippen LogP contribution is 2.41. The van der Waals surface area contributed by atoms with Gasteiger partial charge in [-0.2, -0.15) is 35.5 Å². The summed E-state index contributed by atoms with van der Waals surface area (Å²) in [5.41, 5.74) is 1.50. The third-order valence-electron chi connectivity index (χ3n) is 7.65. The van der Waals surface area contributed by atoms with Gasteiger partial charge in [0.05, 0.1) is 17.1 Å². The molecule has 6 aromatic carbocycles. The summed E-state index contributed by atoms with van der Waals surface area (Å²) in [6.45, 7) is 3.58. The summed E-state index contributed by atoms with van der Waals surface area (Å²) < 4.78 is 106. The number of hydrogen-bond donors (Lipinski definition) is 2. The lowest BCUT2D eigenvalue weighted by Gasteiger charge is -2.12. The molecule has 0 fully saturated rings. The molecule has 0 aliphatic carbocycles. The highest BCUT2D eigenvalue weighted by molar-refractivity contribution is 7.87. The Morgan fingerprint density at radius 2 is 1.15 bits per heavy atom. The van der Waals surface area contributed by atoms with E-state index in [9.17, 15) is 34.4 Å². The van der Waals surface area contributed by atoms with Crippen LogP contribution in [-0.4, -0.2) is 34.4 Å². The van der Waals surface area contributed by atoms with Gasteiger partial charge in [0.1, 0.15) is 37.6 Å². The Balaban J connectivity index is 1.32. The van der Waals surface area contributed by atoms with Crippen molar-refractivity contribution in [3.63, 3.8) is 0 Å². The molecular weight excluding hydrogens is 745 g/mol. The maximum Gasteiger partial charge on any atom is 0.339 e. The fourth-order valence-electron chi connectivity index (χ4n) is 5.00. The van der Waals surface area contributed by atoms with E-state index < -0.39 is 40.1 Å². The predicted molar refractivity (Wildman–Crippen MR) is 195 cm³/mol. The van der Waals surface area contributed by atoms with Crippen molar-refractivity contribution >= 4 is 63.9 Å². The average molecular weight is 773 g/mol. The van der Waals surface area contributed by atoms with E-state index in [1.54, 1.807) is 61.5 Å². The summed E-state index contributed by atoms with van der Waals surface area (Å²) >= 11 is 0. The molecule has 2 N–H and O–H groups in total. The van der Waals surface area contributed by atoms with E-state index in [-0.39, 0.29) is 44.5 Å². The second-order valence-electron chi connectivity index (χ2n) is 11.5. The van der Waals surface area contributed by atoms with Gasteiger partial charge in [0, 0.05) is 10.8 Å². The summed E-state index contributed by atoms with van der Waals surface area (Å²) in [7, 11) is -13.8. The summed E-state index contributed by atoms with van der Waals surface area (Å²) in [6.07, 6.45) is 0. The fraction of sp³-hybridized carbons (Fsp3) is 0.0556. The Bertz CT molecular complexity index is 2750. The smallest absolute Gasteiger partial charge is 0.339 e. The number of fused-ring (bicyclic) bond motifs is 1. The second-order valence-corrected chi connectivity index (χ2v) is 15.8. The molecule has 0 aromatic heterocycles. The monoisotopic (exact) mass is 772 g/mol. The van der Waals surface area contributed by atoms with Gasteiger partial charge in [0.2, 0.25) is 0 Å². The van der Waals surface area contributed by atoms with Gasteiger partial charge in [-0.25, -0.2) is 0 Å². The molecule has 0 amide bonds. The fourth-order valence-corrected chi connectivity index (χ4v) is 7.22. The number of aryl methyl sites for hydroxylation is 2. The van der Waals surface area contributed by atoms with Crippen molar-refractivity contribution in [1.29, 1.82) is 0 Å². The third-order valence-corrected chi connectivity index (χ3v) is 10.7. The molecule has 0 radical (unpaired) electrons. The highest BCUT2D eigenvalue weighted by Gasteiger charge is 2.23. The summed E-state index contributed by atoms with van der Waals surface area (Å²) in [6, 6.07) is 29.7. The third kappa shape index (κ3) is 8.62. The number of para-hydroxylation sites is 1. The van der Waals surface area contributed by atoms with Gasteiger partial charge in [0.25, 0.3) is 20.2 Å². The van der Waals surface area contributed by atoms with E-state index in [4.69, 9.17) is 8.92 Å². The zero-order valence-electron chi connectivity index (χ0n) is 27.7. The van der Waals surface area contributed by atoms with Crippen LogP contribution in [0.5, 0.6) is 17.2 Å². The maximum absolute atomic E-state index is 12.7. The minimum Gasteiger partial charge on any atom is -0.456 e. The van der Waals surface area contributed by atoms with Crippen LogP contribution in [-0.2, 0) is 30.4 Å². The number of ether oxygens (including phenoxy) is 1. The largest absolute Gasteiger partial charge is 0.456 e. The Morgan fingerprint density at radius 3 is 1.81 bits per heavy atom. The lowest BCUT2D eigenvalue weighted by atomic mass is 10.1. The molecule has 270 valence electrons. The Hall–Kier alpha value is -5.85. The normalized spacial score (nSPS) is 12.5. The zero-order chi connectivity index (χ0) is 38.0. The molecule has 6 rings (SSSR count). The van der Waals surface area contributed by atoms with Crippen LogP contribution in [0.4, 0.5) is 22.7 Å². The molecule has 17 heteroatoms. The first-order chi connectivity index (χ1) is 25.1. The average Bonchev–Trinajstić information content (AvgIpc) is 3.11. The van der Waals surface area contributed by atoms with Crippen molar-refractivity contribution in [2.24, 2.45) is 20.5 Å². The first-order valence-corrected chi connectivity index (χ1v) is 19.7. The summed E-state index contributed by atoms with van der Waals surface area (Å²) in [4.78, 5) is -1.30. The van der Waals surface area contributed by atoms with Crippen LogP contribution in [0.25, 0.3) is 10.8 Å². The van der Waals surface area contributed by atoms with E-state index in [0.717, 1.165) is 17.7 Å². The second kappa shape index (κ2) is 14.6. The van der Waals surface area contributed by atoms with Crippen LogP contribution in [0.15, 0.2) is 156 Å². The van der Waals surface area contributed by atoms with E-state index in [1.165, 1.54) is 54.6 Å². The summed E-state index contributed by atoms with van der Waals surface area (Å²) in [5, 5.41) is 17.0. The Labute approximate surface area is 304 Å². The minimum absolute atomic E-state index is 0.0133. The lowest BCUT2D eigenvalue weighted by molar-refractivity contribution is 0.448. The minimum atomic E-state index is -4.94. The molecule has 53 heavy (non-hydrogen) atoms. The zero-order valence-corrected chi connectivity index (χ0v) is 30.2. The van der Waals surface area contributed by atoms with Gasteiger partial charge >= 0.3 is 10.1 Å². The van der Waals surface area contributed by atoms with Crippen LogP contribution in [0, 0.1) is 13.8 Å². The van der Waals surface area contributed by atoms with E-state index in [1.807, 2.05) is 6.92 Å². The van der Waals surface area contributed by atoms with E-state index in [2.05, 4.69) is 20.5 Å². The molecule has 0 saturated heterocycles. The SMILES string of the molecule is Cc1ccc(S(=O)(=O)Oc2ccc(N=Nc3cc(S(=O)(=O)O)c(N=Nc4ccc(Oc5ccccc5C)c(S(=O)(=O)O)c4)c4ccccc34)cc2)cc1. The van der Waals surface area contributed by atoms with Crippen LogP contribution in [0.1, 0.15) is 11.1 Å². The van der Waals surface area contributed by atoms with Crippen molar-refractivity contribution in [1.82, 2.24) is 0 Å². The molecule has 14 nitrogen and oxygen atoms in total. The molecule has 6 aromatic rings. The molecule has 0 unspecified atom stereocenters. The van der Waals surface area contributed by atoms with Crippen LogP contribution >= 0.6 is 0 Å². The van der Waals surface area contributed by atoms with Gasteiger partial charge in [-0.05, 0) is 86.1 Å². The lowest BCUT2D eigenvalue weighted by Crippen LogP contribution is -2.09. The Kier molecular flexibility index (Phi) is 10.2. The van der Waals surface area contributed by atoms with Crippen molar-refractivity contribution in [2.45, 2.75) is 28.5 Å². The Morgan fingerprint density at radius 1 is 0.547 bits per heavy atom. The molecule has 0 heterocycles. The molecule has 0 saturated carbocycles. The number of hydrogen-bond acceptors (Lipinski definition) is 12. The van der Waals surface area contributed by atoms with Crippen molar-refractivity contribution < 1.29 is 43.3 Å². The molecule has 0 aliphatic rings. The van der Waals surface area contributed by atoms with Crippen LogP contribution < -0.4 is 8.92 Å². The molecular formula is C36H28N4O10S3.